The van der Waals surface area contributed by atoms with Gasteiger partial charge in [-0.05, 0) is 44.0 Å². The molecule has 0 aromatic carbocycles. The van der Waals surface area contributed by atoms with Crippen LogP contribution < -0.4 is 0 Å². The summed E-state index contributed by atoms with van der Waals surface area (Å²) in [6.45, 7) is 4.23. The summed E-state index contributed by atoms with van der Waals surface area (Å²) in [4.78, 5) is 22.8. The lowest BCUT2D eigenvalue weighted by atomic mass is 9.93. The number of rotatable bonds is 4. The highest BCUT2D eigenvalue weighted by molar-refractivity contribution is 5.77. The average molecular weight is 299 g/mol. The summed E-state index contributed by atoms with van der Waals surface area (Å²) >= 11 is 0. The van der Waals surface area contributed by atoms with Crippen molar-refractivity contribution >= 4 is 16.9 Å². The first kappa shape index (κ1) is 14.9. The molecule has 0 radical (unpaired) electrons. The number of likely N-dealkylation sites (tertiary alicyclic amines) is 1. The number of hydrogen-bond acceptors (Lipinski definition) is 4. The minimum absolute atomic E-state index is 0.0911. The minimum Gasteiger partial charge on any atom is -0.372 e. The van der Waals surface area contributed by atoms with E-state index in [2.05, 4.69) is 22.1 Å². The molecule has 0 saturated carbocycles. The van der Waals surface area contributed by atoms with E-state index >= 15 is 0 Å². The summed E-state index contributed by atoms with van der Waals surface area (Å²) in [6, 6.07) is 8.11. The van der Waals surface area contributed by atoms with Gasteiger partial charge in [-0.1, -0.05) is 0 Å². The van der Waals surface area contributed by atoms with Gasteiger partial charge in [-0.2, -0.15) is 0 Å². The van der Waals surface area contributed by atoms with Crippen LogP contribution in [-0.4, -0.2) is 47.1 Å². The molecule has 0 N–H and O–H groups in total. The molecular weight excluding hydrogens is 278 g/mol. The van der Waals surface area contributed by atoms with Gasteiger partial charge in [0.2, 0.25) is 5.91 Å². The van der Waals surface area contributed by atoms with Gasteiger partial charge in [-0.15, -0.1) is 0 Å². The minimum atomic E-state index is 0.0911. The number of piperidine rings is 1. The molecule has 1 fully saturated rings. The lowest BCUT2D eigenvalue weighted by molar-refractivity contribution is -0.137. The van der Waals surface area contributed by atoms with Crippen LogP contribution in [0.25, 0.3) is 11.0 Å². The summed E-state index contributed by atoms with van der Waals surface area (Å²) in [6.07, 6.45) is 3.67. The predicted molar refractivity (Wildman–Crippen MR) is 84.6 cm³/mol. The van der Waals surface area contributed by atoms with Gasteiger partial charge < -0.3 is 9.64 Å². The third-order valence-electron chi connectivity index (χ3n) is 4.18. The van der Waals surface area contributed by atoms with Crippen molar-refractivity contribution in [2.24, 2.45) is 0 Å². The molecule has 5 heteroatoms. The SMILES string of the molecule is CCOCC(=O)N1CCC(c2ccc3cccnc3n2)CC1. The first-order valence-corrected chi connectivity index (χ1v) is 7.85. The van der Waals surface area contributed by atoms with Gasteiger partial charge >= 0.3 is 0 Å². The Morgan fingerprint density at radius 3 is 2.91 bits per heavy atom. The molecule has 1 amide bonds. The summed E-state index contributed by atoms with van der Waals surface area (Å²) in [5, 5.41) is 1.07. The molecule has 116 valence electrons. The zero-order chi connectivity index (χ0) is 15.4. The van der Waals surface area contributed by atoms with Gasteiger partial charge in [-0.3, -0.25) is 4.79 Å². The van der Waals surface area contributed by atoms with Crippen LogP contribution in [0.5, 0.6) is 0 Å². The molecule has 0 bridgehead atoms. The van der Waals surface area contributed by atoms with Crippen molar-refractivity contribution in [2.75, 3.05) is 26.3 Å². The number of pyridine rings is 2. The van der Waals surface area contributed by atoms with E-state index < -0.39 is 0 Å². The Bertz CT molecular complexity index is 651. The molecule has 1 saturated heterocycles. The maximum atomic E-state index is 12.0. The average Bonchev–Trinajstić information content (AvgIpc) is 2.59. The van der Waals surface area contributed by atoms with Crippen LogP contribution in [0.2, 0.25) is 0 Å². The number of hydrogen-bond donors (Lipinski definition) is 0. The topological polar surface area (TPSA) is 55.3 Å². The molecule has 0 atom stereocenters. The van der Waals surface area contributed by atoms with Crippen LogP contribution in [0.15, 0.2) is 30.5 Å². The Kier molecular flexibility index (Phi) is 4.63. The maximum absolute atomic E-state index is 12.0. The van der Waals surface area contributed by atoms with E-state index in [-0.39, 0.29) is 12.5 Å². The predicted octanol–water partition coefficient (Wildman–Crippen LogP) is 2.37. The van der Waals surface area contributed by atoms with Crippen LogP contribution in [0.1, 0.15) is 31.4 Å². The Labute approximate surface area is 130 Å². The quantitative estimate of drug-likeness (QED) is 0.869. The van der Waals surface area contributed by atoms with Crippen molar-refractivity contribution in [3.63, 3.8) is 0 Å². The van der Waals surface area contributed by atoms with E-state index in [1.807, 2.05) is 24.0 Å². The van der Waals surface area contributed by atoms with Gasteiger partial charge in [0.15, 0.2) is 5.65 Å². The van der Waals surface area contributed by atoms with Crippen LogP contribution in [-0.2, 0) is 9.53 Å². The van der Waals surface area contributed by atoms with Gasteiger partial charge in [0, 0.05) is 42.9 Å². The molecule has 0 spiro atoms. The molecule has 3 heterocycles. The number of carbonyl (C=O) groups excluding carboxylic acids is 1. The summed E-state index contributed by atoms with van der Waals surface area (Å²) in [7, 11) is 0. The number of nitrogens with zero attached hydrogens (tertiary/aromatic N) is 3. The fourth-order valence-electron chi connectivity index (χ4n) is 2.90. The van der Waals surface area contributed by atoms with Crippen molar-refractivity contribution in [3.8, 4) is 0 Å². The second-order valence-electron chi connectivity index (χ2n) is 5.58. The van der Waals surface area contributed by atoms with Crippen molar-refractivity contribution in [2.45, 2.75) is 25.7 Å². The standard InChI is InChI=1S/C17H21N3O2/c1-2-22-12-16(21)20-10-7-13(8-11-20)15-6-5-14-4-3-9-18-17(14)19-15/h3-6,9,13H,2,7-8,10-12H2,1H3. The van der Waals surface area contributed by atoms with Gasteiger partial charge in [0.25, 0.3) is 0 Å². The number of aromatic nitrogens is 2. The third kappa shape index (κ3) is 3.25. The van der Waals surface area contributed by atoms with Crippen molar-refractivity contribution in [1.29, 1.82) is 0 Å². The molecule has 1 aliphatic heterocycles. The molecule has 3 rings (SSSR count). The van der Waals surface area contributed by atoms with Crippen molar-refractivity contribution in [3.05, 3.63) is 36.2 Å². The molecule has 0 unspecified atom stereocenters. The lowest BCUT2D eigenvalue weighted by Crippen LogP contribution is -2.40. The highest BCUT2D eigenvalue weighted by atomic mass is 16.5. The Balaban J connectivity index is 1.63. The largest absolute Gasteiger partial charge is 0.372 e. The lowest BCUT2D eigenvalue weighted by Gasteiger charge is -2.31. The van der Waals surface area contributed by atoms with Crippen LogP contribution in [0, 0.1) is 0 Å². The number of ether oxygens (including phenoxy) is 1. The van der Waals surface area contributed by atoms with Crippen LogP contribution in [0.3, 0.4) is 0 Å². The second kappa shape index (κ2) is 6.83. The Morgan fingerprint density at radius 1 is 1.32 bits per heavy atom. The van der Waals surface area contributed by atoms with Crippen molar-refractivity contribution < 1.29 is 9.53 Å². The fraction of sp³-hybridized carbons (Fsp3) is 0.471. The number of fused-ring (bicyclic) bond motifs is 1. The normalized spacial score (nSPS) is 16.1. The summed E-state index contributed by atoms with van der Waals surface area (Å²) < 4.78 is 5.20. The van der Waals surface area contributed by atoms with E-state index in [0.29, 0.717) is 12.5 Å². The highest BCUT2D eigenvalue weighted by Gasteiger charge is 2.24. The Morgan fingerprint density at radius 2 is 2.14 bits per heavy atom. The fourth-order valence-corrected chi connectivity index (χ4v) is 2.90. The molecule has 22 heavy (non-hydrogen) atoms. The zero-order valence-corrected chi connectivity index (χ0v) is 12.9. The highest BCUT2D eigenvalue weighted by Crippen LogP contribution is 2.27. The summed E-state index contributed by atoms with van der Waals surface area (Å²) in [5.74, 6) is 0.496. The molecule has 5 nitrogen and oxygen atoms in total. The molecular formula is C17H21N3O2. The summed E-state index contributed by atoms with van der Waals surface area (Å²) in [5.41, 5.74) is 1.89. The first-order chi connectivity index (χ1) is 10.8. The van der Waals surface area contributed by atoms with E-state index in [1.165, 1.54) is 0 Å². The molecule has 2 aromatic rings. The molecule has 2 aromatic heterocycles. The van der Waals surface area contributed by atoms with Gasteiger partial charge in [0.05, 0.1) is 0 Å². The number of carbonyl (C=O) groups is 1. The maximum Gasteiger partial charge on any atom is 0.248 e. The monoisotopic (exact) mass is 299 g/mol. The molecule has 0 aliphatic carbocycles. The van der Waals surface area contributed by atoms with E-state index in [0.717, 1.165) is 42.7 Å². The number of amides is 1. The van der Waals surface area contributed by atoms with E-state index in [9.17, 15) is 4.79 Å². The van der Waals surface area contributed by atoms with Crippen LogP contribution in [0.4, 0.5) is 0 Å². The zero-order valence-electron chi connectivity index (χ0n) is 12.9. The van der Waals surface area contributed by atoms with Crippen molar-refractivity contribution in [1.82, 2.24) is 14.9 Å². The van der Waals surface area contributed by atoms with Gasteiger partial charge in [0.1, 0.15) is 6.61 Å². The molecule has 1 aliphatic rings. The smallest absolute Gasteiger partial charge is 0.248 e. The Hall–Kier alpha value is -2.01. The van der Waals surface area contributed by atoms with E-state index in [4.69, 9.17) is 4.74 Å². The third-order valence-corrected chi connectivity index (χ3v) is 4.18. The van der Waals surface area contributed by atoms with Gasteiger partial charge in [-0.25, -0.2) is 9.97 Å². The van der Waals surface area contributed by atoms with E-state index in [1.54, 1.807) is 6.20 Å². The second-order valence-corrected chi connectivity index (χ2v) is 5.58. The van der Waals surface area contributed by atoms with Crippen LogP contribution >= 0.6 is 0 Å². The first-order valence-electron chi connectivity index (χ1n) is 7.85.